The number of anilines is 1. The molecule has 0 aliphatic rings. The Hall–Kier alpha value is -3.21. The highest BCUT2D eigenvalue weighted by molar-refractivity contribution is 6.04. The van der Waals surface area contributed by atoms with Crippen molar-refractivity contribution in [2.24, 2.45) is 0 Å². The fraction of sp³-hybridized carbons (Fsp3) is 0.0556. The van der Waals surface area contributed by atoms with E-state index in [9.17, 15) is 4.79 Å². The number of carbonyl (C=O) groups is 1. The third kappa shape index (κ3) is 3.18. The van der Waals surface area contributed by atoms with Crippen LogP contribution < -0.4 is 4.90 Å². The highest BCUT2D eigenvalue weighted by Crippen LogP contribution is 2.16. The van der Waals surface area contributed by atoms with E-state index in [0.29, 0.717) is 12.2 Å². The normalized spacial score (nSPS) is 10.3. The van der Waals surface area contributed by atoms with Crippen molar-refractivity contribution >= 4 is 11.6 Å². The van der Waals surface area contributed by atoms with Crippen LogP contribution in [0.25, 0.3) is 5.69 Å². The molecule has 0 unspecified atom stereocenters. The van der Waals surface area contributed by atoms with Gasteiger partial charge in [0.05, 0.1) is 11.9 Å². The summed E-state index contributed by atoms with van der Waals surface area (Å²) in [6.45, 7) is 4.12. The fourth-order valence-corrected chi connectivity index (χ4v) is 2.23. The zero-order chi connectivity index (χ0) is 16.1. The van der Waals surface area contributed by atoms with Gasteiger partial charge < -0.3 is 4.90 Å². The molecule has 5 nitrogen and oxygen atoms in total. The van der Waals surface area contributed by atoms with Gasteiger partial charge in [0.15, 0.2) is 5.69 Å². The molecule has 3 aromatic rings. The van der Waals surface area contributed by atoms with Gasteiger partial charge in [-0.05, 0) is 24.3 Å². The summed E-state index contributed by atoms with van der Waals surface area (Å²) < 4.78 is 0. The van der Waals surface area contributed by atoms with Gasteiger partial charge >= 0.3 is 0 Å². The molecular formula is C18H16N4O. The summed E-state index contributed by atoms with van der Waals surface area (Å²) in [5, 5.41) is 8.47. The van der Waals surface area contributed by atoms with E-state index in [2.05, 4.69) is 16.8 Å². The molecule has 0 bridgehead atoms. The monoisotopic (exact) mass is 304 g/mol. The van der Waals surface area contributed by atoms with Crippen LogP contribution in [0.1, 0.15) is 10.5 Å². The molecule has 114 valence electrons. The summed E-state index contributed by atoms with van der Waals surface area (Å²) >= 11 is 0. The van der Waals surface area contributed by atoms with Crippen LogP contribution in [0, 0.1) is 0 Å². The summed E-state index contributed by atoms with van der Waals surface area (Å²) in [6.07, 6.45) is 3.17. The maximum atomic E-state index is 12.7. The van der Waals surface area contributed by atoms with E-state index in [1.54, 1.807) is 11.0 Å². The molecular weight excluding hydrogens is 288 g/mol. The first kappa shape index (κ1) is 14.7. The first-order valence-electron chi connectivity index (χ1n) is 7.25. The van der Waals surface area contributed by atoms with E-state index >= 15 is 0 Å². The Labute approximate surface area is 134 Å². The van der Waals surface area contributed by atoms with E-state index in [-0.39, 0.29) is 5.91 Å². The molecule has 0 N–H and O–H groups in total. The molecule has 3 rings (SSSR count). The number of rotatable bonds is 5. The van der Waals surface area contributed by atoms with Crippen molar-refractivity contribution in [2.75, 3.05) is 11.4 Å². The summed E-state index contributed by atoms with van der Waals surface area (Å²) in [7, 11) is 0. The van der Waals surface area contributed by atoms with Crippen molar-refractivity contribution in [1.29, 1.82) is 0 Å². The minimum absolute atomic E-state index is 0.210. The maximum Gasteiger partial charge on any atom is 0.280 e. The Morgan fingerprint density at radius 3 is 2.39 bits per heavy atom. The second-order valence-electron chi connectivity index (χ2n) is 4.89. The molecule has 1 aromatic heterocycles. The Kier molecular flexibility index (Phi) is 4.29. The summed E-state index contributed by atoms with van der Waals surface area (Å²) in [5.41, 5.74) is 1.90. The van der Waals surface area contributed by atoms with Crippen molar-refractivity contribution in [1.82, 2.24) is 15.0 Å². The zero-order valence-corrected chi connectivity index (χ0v) is 12.5. The lowest BCUT2D eigenvalue weighted by molar-refractivity contribution is 0.0984. The molecule has 2 aromatic carbocycles. The maximum absolute atomic E-state index is 12.7. The number of para-hydroxylation sites is 2. The molecule has 0 radical (unpaired) electrons. The quantitative estimate of drug-likeness (QED) is 0.681. The van der Waals surface area contributed by atoms with E-state index in [1.807, 2.05) is 60.7 Å². The first-order chi connectivity index (χ1) is 11.3. The summed E-state index contributed by atoms with van der Waals surface area (Å²) in [5.74, 6) is -0.210. The lowest BCUT2D eigenvalue weighted by Gasteiger charge is -2.19. The summed E-state index contributed by atoms with van der Waals surface area (Å²) in [6, 6.07) is 18.9. The van der Waals surface area contributed by atoms with Gasteiger partial charge in [-0.1, -0.05) is 42.5 Å². The van der Waals surface area contributed by atoms with Crippen molar-refractivity contribution in [2.45, 2.75) is 0 Å². The van der Waals surface area contributed by atoms with Crippen molar-refractivity contribution in [3.05, 3.63) is 85.2 Å². The third-order valence-electron chi connectivity index (χ3n) is 3.32. The van der Waals surface area contributed by atoms with Crippen LogP contribution in [0.2, 0.25) is 0 Å². The predicted molar refractivity (Wildman–Crippen MR) is 89.7 cm³/mol. The van der Waals surface area contributed by atoms with Crippen LogP contribution in [0.4, 0.5) is 5.69 Å². The van der Waals surface area contributed by atoms with Crippen LogP contribution in [-0.4, -0.2) is 27.4 Å². The van der Waals surface area contributed by atoms with Gasteiger partial charge in [-0.3, -0.25) is 4.79 Å². The topological polar surface area (TPSA) is 51.0 Å². The molecule has 0 aliphatic carbocycles. The van der Waals surface area contributed by atoms with Crippen LogP contribution in [0.15, 0.2) is 79.5 Å². The Morgan fingerprint density at radius 1 is 1.09 bits per heavy atom. The molecule has 0 fully saturated rings. The second-order valence-corrected chi connectivity index (χ2v) is 4.89. The molecule has 0 aliphatic heterocycles. The molecule has 0 spiro atoms. The number of aromatic nitrogens is 3. The molecule has 1 amide bonds. The number of nitrogens with zero attached hydrogens (tertiary/aromatic N) is 4. The van der Waals surface area contributed by atoms with E-state index in [0.717, 1.165) is 11.4 Å². The van der Waals surface area contributed by atoms with Crippen LogP contribution in [-0.2, 0) is 0 Å². The molecule has 0 saturated heterocycles. The van der Waals surface area contributed by atoms with Crippen LogP contribution >= 0.6 is 0 Å². The Balaban J connectivity index is 1.89. The van der Waals surface area contributed by atoms with Gasteiger partial charge in [0.25, 0.3) is 5.91 Å². The van der Waals surface area contributed by atoms with E-state index < -0.39 is 0 Å². The molecule has 0 atom stereocenters. The molecule has 0 saturated carbocycles. The van der Waals surface area contributed by atoms with Crippen LogP contribution in [0.5, 0.6) is 0 Å². The van der Waals surface area contributed by atoms with E-state index in [4.69, 9.17) is 0 Å². The largest absolute Gasteiger partial charge is 0.303 e. The smallest absolute Gasteiger partial charge is 0.280 e. The van der Waals surface area contributed by atoms with Gasteiger partial charge in [-0.25, -0.2) is 0 Å². The highest BCUT2D eigenvalue weighted by Gasteiger charge is 2.19. The minimum atomic E-state index is -0.210. The van der Waals surface area contributed by atoms with Crippen molar-refractivity contribution in [3.8, 4) is 5.69 Å². The van der Waals surface area contributed by atoms with Gasteiger partial charge in [0.2, 0.25) is 0 Å². The van der Waals surface area contributed by atoms with Gasteiger partial charge in [-0.15, -0.1) is 11.7 Å². The van der Waals surface area contributed by atoms with Gasteiger partial charge in [0.1, 0.15) is 0 Å². The molecule has 23 heavy (non-hydrogen) atoms. The van der Waals surface area contributed by atoms with E-state index in [1.165, 1.54) is 11.0 Å². The average molecular weight is 304 g/mol. The third-order valence-corrected chi connectivity index (χ3v) is 3.32. The lowest BCUT2D eigenvalue weighted by atomic mass is 10.2. The zero-order valence-electron chi connectivity index (χ0n) is 12.5. The standard InChI is InChI=1S/C18H16N4O/c1-2-13-21(15-9-5-3-6-10-15)18(23)17-14-19-22(20-17)16-11-7-4-8-12-16/h2-12,14H,1,13H2. The molecule has 5 heteroatoms. The number of benzene rings is 2. The predicted octanol–water partition coefficient (Wildman–Crippen LogP) is 3.10. The number of hydrogen-bond acceptors (Lipinski definition) is 3. The number of hydrogen-bond donors (Lipinski definition) is 0. The SMILES string of the molecule is C=CCN(C(=O)c1cnn(-c2ccccc2)n1)c1ccccc1. The summed E-state index contributed by atoms with van der Waals surface area (Å²) in [4.78, 5) is 15.8. The number of carbonyl (C=O) groups excluding carboxylic acids is 1. The first-order valence-corrected chi connectivity index (χ1v) is 7.25. The fourth-order valence-electron chi connectivity index (χ4n) is 2.23. The van der Waals surface area contributed by atoms with Crippen LogP contribution in [0.3, 0.4) is 0 Å². The second kappa shape index (κ2) is 6.70. The van der Waals surface area contributed by atoms with Gasteiger partial charge in [0, 0.05) is 12.2 Å². The molecule has 1 heterocycles. The van der Waals surface area contributed by atoms with Gasteiger partial charge in [-0.2, -0.15) is 9.90 Å². The lowest BCUT2D eigenvalue weighted by Crippen LogP contribution is -2.31. The van der Waals surface area contributed by atoms with Crippen molar-refractivity contribution < 1.29 is 4.79 Å². The van der Waals surface area contributed by atoms with Crippen molar-refractivity contribution in [3.63, 3.8) is 0 Å². The highest BCUT2D eigenvalue weighted by atomic mass is 16.2. The minimum Gasteiger partial charge on any atom is -0.303 e. The Morgan fingerprint density at radius 2 is 1.74 bits per heavy atom. The average Bonchev–Trinajstić information content (AvgIpc) is 3.11. The Bertz CT molecular complexity index is 796. The number of amides is 1.